The highest BCUT2D eigenvalue weighted by Crippen LogP contribution is 2.21. The summed E-state index contributed by atoms with van der Waals surface area (Å²) in [5.41, 5.74) is 2.16. The van der Waals surface area contributed by atoms with Crippen LogP contribution in [-0.4, -0.2) is 53.3 Å². The van der Waals surface area contributed by atoms with E-state index in [1.54, 1.807) is 0 Å². The summed E-state index contributed by atoms with van der Waals surface area (Å²) < 4.78 is 11.0. The molecular weight excluding hydrogens is 356 g/mol. The predicted molar refractivity (Wildman–Crippen MR) is 104 cm³/mol. The van der Waals surface area contributed by atoms with E-state index in [0.29, 0.717) is 24.8 Å². The van der Waals surface area contributed by atoms with E-state index in [0.717, 1.165) is 50.9 Å². The minimum Gasteiger partial charge on any atom is -0.376 e. The van der Waals surface area contributed by atoms with Crippen molar-refractivity contribution in [2.45, 2.75) is 45.3 Å². The minimum atomic E-state index is 0.0865. The summed E-state index contributed by atoms with van der Waals surface area (Å²) in [6.45, 7) is 5.87. The van der Waals surface area contributed by atoms with Crippen LogP contribution in [0.3, 0.4) is 0 Å². The normalized spacial score (nSPS) is 21.1. The Labute approximate surface area is 165 Å². The number of piperidine rings is 1. The monoisotopic (exact) mass is 384 g/mol. The molecule has 1 unspecified atom stereocenters. The van der Waals surface area contributed by atoms with Crippen molar-refractivity contribution in [3.63, 3.8) is 0 Å². The van der Waals surface area contributed by atoms with Gasteiger partial charge in [0.25, 0.3) is 0 Å². The van der Waals surface area contributed by atoms with Crippen LogP contribution in [0, 0.1) is 12.8 Å². The maximum Gasteiger partial charge on any atom is 0.241 e. The molecule has 0 radical (unpaired) electrons. The van der Waals surface area contributed by atoms with Crippen molar-refractivity contribution >= 4 is 5.91 Å². The standard InChI is InChI=1S/C21H28N4O3/c1-15-4-6-16(7-5-15)20-23-19(28-24-20)14-25-10-8-17(9-11-25)21(26)22-13-18-3-2-12-27-18/h4-7,17-18H,2-3,8-14H2,1H3,(H,22,26). The number of likely N-dealkylation sites (tertiary alicyclic amines) is 1. The van der Waals surface area contributed by atoms with Gasteiger partial charge in [-0.1, -0.05) is 35.0 Å². The number of carbonyl (C=O) groups is 1. The zero-order valence-corrected chi connectivity index (χ0v) is 16.4. The van der Waals surface area contributed by atoms with E-state index >= 15 is 0 Å². The zero-order valence-electron chi connectivity index (χ0n) is 16.4. The number of ether oxygens (including phenoxy) is 1. The fourth-order valence-corrected chi connectivity index (χ4v) is 3.85. The van der Waals surface area contributed by atoms with Gasteiger partial charge in [-0.2, -0.15) is 4.98 Å². The van der Waals surface area contributed by atoms with E-state index in [2.05, 4.69) is 27.3 Å². The van der Waals surface area contributed by atoms with E-state index < -0.39 is 0 Å². The van der Waals surface area contributed by atoms with Crippen molar-refractivity contribution in [2.24, 2.45) is 5.92 Å². The van der Waals surface area contributed by atoms with Gasteiger partial charge < -0.3 is 14.6 Å². The van der Waals surface area contributed by atoms with Gasteiger partial charge in [-0.15, -0.1) is 0 Å². The molecule has 2 aliphatic rings. The Morgan fingerprint density at radius 3 is 2.71 bits per heavy atom. The maximum atomic E-state index is 12.4. The first kappa shape index (κ1) is 19.1. The Balaban J connectivity index is 1.23. The van der Waals surface area contributed by atoms with E-state index in [-0.39, 0.29) is 17.9 Å². The summed E-state index contributed by atoms with van der Waals surface area (Å²) in [6.07, 6.45) is 4.06. The van der Waals surface area contributed by atoms with Crippen LogP contribution in [0.5, 0.6) is 0 Å². The molecule has 150 valence electrons. The summed E-state index contributed by atoms with van der Waals surface area (Å²) in [7, 11) is 0. The fourth-order valence-electron chi connectivity index (χ4n) is 3.85. The van der Waals surface area contributed by atoms with Gasteiger partial charge in [0, 0.05) is 24.6 Å². The second kappa shape index (κ2) is 8.84. The molecule has 3 heterocycles. The van der Waals surface area contributed by atoms with E-state index in [9.17, 15) is 4.79 Å². The Morgan fingerprint density at radius 1 is 1.21 bits per heavy atom. The van der Waals surface area contributed by atoms with Crippen molar-refractivity contribution < 1.29 is 14.1 Å². The number of hydrogen-bond donors (Lipinski definition) is 1. The third-order valence-corrected chi connectivity index (χ3v) is 5.62. The molecule has 2 saturated heterocycles. The topological polar surface area (TPSA) is 80.5 Å². The van der Waals surface area contributed by atoms with Crippen LogP contribution in [0.4, 0.5) is 0 Å². The van der Waals surface area contributed by atoms with Gasteiger partial charge in [0.2, 0.25) is 17.6 Å². The summed E-state index contributed by atoms with van der Waals surface area (Å²) in [4.78, 5) is 19.2. The van der Waals surface area contributed by atoms with Crippen LogP contribution < -0.4 is 5.32 Å². The van der Waals surface area contributed by atoms with Crippen LogP contribution in [-0.2, 0) is 16.1 Å². The first-order valence-corrected chi connectivity index (χ1v) is 10.2. The molecule has 0 bridgehead atoms. The molecule has 7 nitrogen and oxygen atoms in total. The quantitative estimate of drug-likeness (QED) is 0.824. The van der Waals surface area contributed by atoms with E-state index in [4.69, 9.17) is 9.26 Å². The van der Waals surface area contributed by atoms with Crippen molar-refractivity contribution in [2.75, 3.05) is 26.2 Å². The highest BCUT2D eigenvalue weighted by molar-refractivity contribution is 5.78. The van der Waals surface area contributed by atoms with Crippen LogP contribution in [0.1, 0.15) is 37.1 Å². The third-order valence-electron chi connectivity index (χ3n) is 5.62. The van der Waals surface area contributed by atoms with E-state index in [1.165, 1.54) is 5.56 Å². The summed E-state index contributed by atoms with van der Waals surface area (Å²) in [5, 5.41) is 7.16. The molecule has 4 rings (SSSR count). The number of benzene rings is 1. The lowest BCUT2D eigenvalue weighted by molar-refractivity contribution is -0.127. The second-order valence-electron chi connectivity index (χ2n) is 7.81. The van der Waals surface area contributed by atoms with E-state index in [1.807, 2.05) is 24.3 Å². The number of nitrogens with one attached hydrogen (secondary N) is 1. The molecule has 2 fully saturated rings. The van der Waals surface area contributed by atoms with Crippen molar-refractivity contribution in [1.82, 2.24) is 20.4 Å². The van der Waals surface area contributed by atoms with Crippen LogP contribution >= 0.6 is 0 Å². The summed E-state index contributed by atoms with van der Waals surface area (Å²) >= 11 is 0. The SMILES string of the molecule is Cc1ccc(-c2noc(CN3CCC(C(=O)NCC4CCCO4)CC3)n2)cc1. The van der Waals surface area contributed by atoms with Crippen LogP contribution in [0.25, 0.3) is 11.4 Å². The third kappa shape index (κ3) is 4.77. The zero-order chi connectivity index (χ0) is 19.3. The van der Waals surface area contributed by atoms with Crippen molar-refractivity contribution in [1.29, 1.82) is 0 Å². The molecule has 0 aliphatic carbocycles. The van der Waals surface area contributed by atoms with Crippen LogP contribution in [0.15, 0.2) is 28.8 Å². The summed E-state index contributed by atoms with van der Waals surface area (Å²) in [6, 6.07) is 8.09. The first-order valence-electron chi connectivity index (χ1n) is 10.2. The lowest BCUT2D eigenvalue weighted by Crippen LogP contribution is -2.42. The average Bonchev–Trinajstić information content (AvgIpc) is 3.39. The molecule has 7 heteroatoms. The molecule has 2 aromatic rings. The molecule has 1 aromatic heterocycles. The largest absolute Gasteiger partial charge is 0.376 e. The smallest absolute Gasteiger partial charge is 0.241 e. The fraction of sp³-hybridized carbons (Fsp3) is 0.571. The number of carbonyl (C=O) groups excluding carboxylic acids is 1. The molecule has 0 saturated carbocycles. The molecule has 1 atom stereocenters. The van der Waals surface area contributed by atoms with Crippen LogP contribution in [0.2, 0.25) is 0 Å². The lowest BCUT2D eigenvalue weighted by atomic mass is 9.96. The second-order valence-corrected chi connectivity index (χ2v) is 7.81. The molecule has 0 spiro atoms. The van der Waals surface area contributed by atoms with Gasteiger partial charge in [-0.05, 0) is 45.7 Å². The Morgan fingerprint density at radius 2 is 2.00 bits per heavy atom. The van der Waals surface area contributed by atoms with Gasteiger partial charge in [0.15, 0.2) is 0 Å². The van der Waals surface area contributed by atoms with Crippen molar-refractivity contribution in [3.05, 3.63) is 35.7 Å². The Bertz CT molecular complexity index is 775. The van der Waals surface area contributed by atoms with Gasteiger partial charge in [0.1, 0.15) is 0 Å². The molecular formula is C21H28N4O3. The van der Waals surface area contributed by atoms with Gasteiger partial charge in [-0.3, -0.25) is 9.69 Å². The number of rotatable bonds is 6. The first-order chi connectivity index (χ1) is 13.7. The Kier molecular flexibility index (Phi) is 6.02. The molecule has 28 heavy (non-hydrogen) atoms. The highest BCUT2D eigenvalue weighted by atomic mass is 16.5. The number of aromatic nitrogens is 2. The lowest BCUT2D eigenvalue weighted by Gasteiger charge is -2.30. The molecule has 1 N–H and O–H groups in total. The number of aryl methyl sites for hydroxylation is 1. The van der Waals surface area contributed by atoms with Gasteiger partial charge in [0.05, 0.1) is 12.6 Å². The summed E-state index contributed by atoms with van der Waals surface area (Å²) in [5.74, 6) is 1.49. The molecule has 2 aliphatic heterocycles. The van der Waals surface area contributed by atoms with Gasteiger partial charge >= 0.3 is 0 Å². The average molecular weight is 384 g/mol. The Hall–Kier alpha value is -2.25. The number of hydrogen-bond acceptors (Lipinski definition) is 6. The van der Waals surface area contributed by atoms with Gasteiger partial charge in [-0.25, -0.2) is 0 Å². The highest BCUT2D eigenvalue weighted by Gasteiger charge is 2.27. The molecule has 1 aromatic carbocycles. The number of amides is 1. The van der Waals surface area contributed by atoms with Crippen molar-refractivity contribution in [3.8, 4) is 11.4 Å². The maximum absolute atomic E-state index is 12.4. The molecule has 1 amide bonds. The minimum absolute atomic E-state index is 0.0865. The number of nitrogens with zero attached hydrogens (tertiary/aromatic N) is 3. The predicted octanol–water partition coefficient (Wildman–Crippen LogP) is 2.55.